The van der Waals surface area contributed by atoms with Gasteiger partial charge in [-0.05, 0) is 49.2 Å². The zero-order valence-corrected chi connectivity index (χ0v) is 14.3. The van der Waals surface area contributed by atoms with Gasteiger partial charge in [-0.2, -0.15) is 0 Å². The highest BCUT2D eigenvalue weighted by atomic mass is 16.2. The van der Waals surface area contributed by atoms with Gasteiger partial charge in [-0.1, -0.05) is 25.1 Å². The molecule has 0 atom stereocenters. The molecule has 24 heavy (non-hydrogen) atoms. The average molecular weight is 325 g/mol. The third-order valence-electron chi connectivity index (χ3n) is 3.67. The number of hydrogen-bond donors (Lipinski definition) is 3. The molecule has 0 spiro atoms. The van der Waals surface area contributed by atoms with E-state index in [4.69, 9.17) is 0 Å². The molecule has 5 nitrogen and oxygen atoms in total. The molecule has 2 aromatic rings. The molecule has 0 saturated heterocycles. The zero-order chi connectivity index (χ0) is 17.5. The van der Waals surface area contributed by atoms with E-state index in [2.05, 4.69) is 16.0 Å². The molecule has 2 aromatic carbocycles. The number of aryl methyl sites for hydroxylation is 1. The Labute approximate surface area is 142 Å². The van der Waals surface area contributed by atoms with Crippen LogP contribution in [0.1, 0.15) is 24.5 Å². The molecule has 0 aliphatic heterocycles. The molecule has 3 N–H and O–H groups in total. The van der Waals surface area contributed by atoms with Gasteiger partial charge in [0.15, 0.2) is 0 Å². The van der Waals surface area contributed by atoms with Gasteiger partial charge in [-0.25, -0.2) is 0 Å². The second kappa shape index (κ2) is 8.15. The fourth-order valence-corrected chi connectivity index (χ4v) is 2.30. The Kier molecular flexibility index (Phi) is 5.95. The number of anilines is 3. The maximum absolute atomic E-state index is 12.1. The minimum atomic E-state index is -0.122. The zero-order valence-electron chi connectivity index (χ0n) is 14.3. The summed E-state index contributed by atoms with van der Waals surface area (Å²) in [6.45, 7) is 5.85. The second-order valence-electron chi connectivity index (χ2n) is 5.65. The largest absolute Gasteiger partial charge is 0.376 e. The van der Waals surface area contributed by atoms with Gasteiger partial charge >= 0.3 is 0 Å². The van der Waals surface area contributed by atoms with Gasteiger partial charge in [0.2, 0.25) is 11.8 Å². The molecule has 0 bridgehead atoms. The summed E-state index contributed by atoms with van der Waals surface area (Å²) in [5, 5.41) is 8.83. The van der Waals surface area contributed by atoms with Gasteiger partial charge in [0.05, 0.1) is 6.54 Å². The van der Waals surface area contributed by atoms with Crippen LogP contribution in [0.4, 0.5) is 17.1 Å². The lowest BCUT2D eigenvalue weighted by molar-refractivity contribution is -0.116. The van der Waals surface area contributed by atoms with Crippen LogP contribution >= 0.6 is 0 Å². The Morgan fingerprint density at radius 1 is 0.917 bits per heavy atom. The topological polar surface area (TPSA) is 70.2 Å². The van der Waals surface area contributed by atoms with Crippen LogP contribution in [-0.4, -0.2) is 18.4 Å². The average Bonchev–Trinajstić information content (AvgIpc) is 2.55. The molecule has 0 aromatic heterocycles. The molecule has 126 valence electrons. The molecular weight excluding hydrogens is 302 g/mol. The van der Waals surface area contributed by atoms with E-state index in [1.807, 2.05) is 63.2 Å². The van der Waals surface area contributed by atoms with E-state index in [0.717, 1.165) is 28.2 Å². The number of benzene rings is 2. The fraction of sp³-hybridized carbons (Fsp3) is 0.263. The first-order valence-corrected chi connectivity index (χ1v) is 7.99. The van der Waals surface area contributed by atoms with Crippen LogP contribution in [0.2, 0.25) is 0 Å². The Bertz CT molecular complexity index is 741. The maximum Gasteiger partial charge on any atom is 0.243 e. The summed E-state index contributed by atoms with van der Waals surface area (Å²) in [4.78, 5) is 23.6. The molecule has 5 heteroatoms. The van der Waals surface area contributed by atoms with Crippen LogP contribution in [0.25, 0.3) is 0 Å². The highest BCUT2D eigenvalue weighted by molar-refractivity contribution is 5.95. The lowest BCUT2D eigenvalue weighted by atomic mass is 10.1. The van der Waals surface area contributed by atoms with Crippen molar-refractivity contribution in [2.24, 2.45) is 0 Å². The molecule has 0 fully saturated rings. The second-order valence-corrected chi connectivity index (χ2v) is 5.65. The van der Waals surface area contributed by atoms with Crippen molar-refractivity contribution in [1.29, 1.82) is 0 Å². The number of carbonyl (C=O) groups excluding carboxylic acids is 2. The predicted molar refractivity (Wildman–Crippen MR) is 98.4 cm³/mol. The standard InChI is InChI=1S/C19H23N3O2/c1-4-18(23)22-17-10-6-9-16(14(17)3)20-12-19(24)21-15-8-5-7-13(2)11-15/h5-11,20H,4,12H2,1-3H3,(H,21,24)(H,22,23). The van der Waals surface area contributed by atoms with E-state index >= 15 is 0 Å². The molecular formula is C19H23N3O2. The third kappa shape index (κ3) is 4.84. The summed E-state index contributed by atoms with van der Waals surface area (Å²) in [5.74, 6) is -0.157. The molecule has 0 heterocycles. The predicted octanol–water partition coefficient (Wildman–Crippen LogP) is 3.70. The summed E-state index contributed by atoms with van der Waals surface area (Å²) >= 11 is 0. The summed E-state index contributed by atoms with van der Waals surface area (Å²) in [6.07, 6.45) is 0.427. The number of amides is 2. The first kappa shape index (κ1) is 17.5. The Hall–Kier alpha value is -2.82. The van der Waals surface area contributed by atoms with Gasteiger partial charge in [-0.15, -0.1) is 0 Å². The van der Waals surface area contributed by atoms with Crippen LogP contribution < -0.4 is 16.0 Å². The van der Waals surface area contributed by atoms with Crippen molar-refractivity contribution < 1.29 is 9.59 Å². The monoisotopic (exact) mass is 325 g/mol. The molecule has 0 saturated carbocycles. The van der Waals surface area contributed by atoms with E-state index in [9.17, 15) is 9.59 Å². The lowest BCUT2D eigenvalue weighted by Crippen LogP contribution is -2.22. The van der Waals surface area contributed by atoms with Crippen LogP contribution in [0.15, 0.2) is 42.5 Å². The SMILES string of the molecule is CCC(=O)Nc1cccc(NCC(=O)Nc2cccc(C)c2)c1C. The third-order valence-corrected chi connectivity index (χ3v) is 3.67. The number of carbonyl (C=O) groups is 2. The quantitative estimate of drug-likeness (QED) is 0.758. The first-order chi connectivity index (χ1) is 11.5. The molecule has 0 aliphatic carbocycles. The van der Waals surface area contributed by atoms with E-state index in [1.54, 1.807) is 0 Å². The summed E-state index contributed by atoms with van der Waals surface area (Å²) in [5.41, 5.74) is 4.36. The van der Waals surface area contributed by atoms with Crippen LogP contribution in [0, 0.1) is 13.8 Å². The Balaban J connectivity index is 1.97. The molecule has 0 aliphatic rings. The maximum atomic E-state index is 12.1. The van der Waals surface area contributed by atoms with Gasteiger partial charge in [0.25, 0.3) is 0 Å². The Morgan fingerprint density at radius 2 is 1.62 bits per heavy atom. The van der Waals surface area contributed by atoms with Crippen molar-refractivity contribution in [2.75, 3.05) is 22.5 Å². The molecule has 0 unspecified atom stereocenters. The van der Waals surface area contributed by atoms with Crippen molar-refractivity contribution in [1.82, 2.24) is 0 Å². The minimum absolute atomic E-state index is 0.0348. The molecule has 2 rings (SSSR count). The van der Waals surface area contributed by atoms with Crippen molar-refractivity contribution in [3.8, 4) is 0 Å². The van der Waals surface area contributed by atoms with E-state index in [-0.39, 0.29) is 18.4 Å². The number of hydrogen-bond acceptors (Lipinski definition) is 3. The van der Waals surface area contributed by atoms with Crippen molar-refractivity contribution >= 4 is 28.9 Å². The Morgan fingerprint density at radius 3 is 2.33 bits per heavy atom. The van der Waals surface area contributed by atoms with Gasteiger partial charge in [-0.3, -0.25) is 9.59 Å². The van der Waals surface area contributed by atoms with Crippen molar-refractivity contribution in [3.63, 3.8) is 0 Å². The summed E-state index contributed by atoms with van der Waals surface area (Å²) in [6, 6.07) is 13.2. The smallest absolute Gasteiger partial charge is 0.243 e. The summed E-state index contributed by atoms with van der Waals surface area (Å²) in [7, 11) is 0. The van der Waals surface area contributed by atoms with Crippen molar-refractivity contribution in [3.05, 3.63) is 53.6 Å². The number of nitrogens with one attached hydrogen (secondary N) is 3. The van der Waals surface area contributed by atoms with Crippen LogP contribution in [0.5, 0.6) is 0 Å². The van der Waals surface area contributed by atoms with E-state index in [0.29, 0.717) is 6.42 Å². The van der Waals surface area contributed by atoms with Crippen LogP contribution in [0.3, 0.4) is 0 Å². The summed E-state index contributed by atoms with van der Waals surface area (Å²) < 4.78 is 0. The highest BCUT2D eigenvalue weighted by Gasteiger charge is 2.08. The van der Waals surface area contributed by atoms with Gasteiger partial charge < -0.3 is 16.0 Å². The first-order valence-electron chi connectivity index (χ1n) is 7.99. The van der Waals surface area contributed by atoms with E-state index < -0.39 is 0 Å². The minimum Gasteiger partial charge on any atom is -0.376 e. The van der Waals surface area contributed by atoms with Gasteiger partial charge in [0, 0.05) is 23.5 Å². The highest BCUT2D eigenvalue weighted by Crippen LogP contribution is 2.23. The fourth-order valence-electron chi connectivity index (χ4n) is 2.30. The van der Waals surface area contributed by atoms with Crippen molar-refractivity contribution in [2.45, 2.75) is 27.2 Å². The lowest BCUT2D eigenvalue weighted by Gasteiger charge is -2.14. The number of rotatable bonds is 6. The molecule has 2 amide bonds. The molecule has 0 radical (unpaired) electrons. The van der Waals surface area contributed by atoms with E-state index in [1.165, 1.54) is 0 Å². The normalized spacial score (nSPS) is 10.1. The van der Waals surface area contributed by atoms with Crippen LogP contribution in [-0.2, 0) is 9.59 Å². The van der Waals surface area contributed by atoms with Gasteiger partial charge in [0.1, 0.15) is 0 Å².